The molecule has 0 aliphatic rings. The van der Waals surface area contributed by atoms with Crippen LogP contribution < -0.4 is 10.9 Å². The van der Waals surface area contributed by atoms with Crippen LogP contribution in [0.3, 0.4) is 0 Å². The number of pyridine rings is 1. The van der Waals surface area contributed by atoms with Gasteiger partial charge in [-0.05, 0) is 44.4 Å². The van der Waals surface area contributed by atoms with Gasteiger partial charge < -0.3 is 5.32 Å². The van der Waals surface area contributed by atoms with Crippen LogP contribution >= 0.6 is 0 Å². The van der Waals surface area contributed by atoms with Crippen molar-refractivity contribution in [2.24, 2.45) is 5.92 Å². The number of rotatable bonds is 4. The average Bonchev–Trinajstić information content (AvgIpc) is 2.60. The standard InChI is InChI=1S/C21H24N4O2/c1-12(2)11-25-21(27)17-9-7-6-8-16(17)19(24-25)20(26)23-18-13(3)10-14(4)22-15(18)5/h6-10,12H,11H2,1-5H3,(H,23,26). The smallest absolute Gasteiger partial charge is 0.276 e. The Morgan fingerprint density at radius 2 is 1.81 bits per heavy atom. The first-order valence-electron chi connectivity index (χ1n) is 9.04. The fourth-order valence-corrected chi connectivity index (χ4v) is 3.26. The molecular formula is C21H24N4O2. The van der Waals surface area contributed by atoms with Crippen LogP contribution in [0.2, 0.25) is 0 Å². The number of aromatic nitrogens is 3. The van der Waals surface area contributed by atoms with Crippen LogP contribution in [0.1, 0.15) is 41.3 Å². The summed E-state index contributed by atoms with van der Waals surface area (Å²) in [7, 11) is 0. The van der Waals surface area contributed by atoms with Gasteiger partial charge in [0.2, 0.25) is 0 Å². The number of benzene rings is 1. The SMILES string of the molecule is Cc1cc(C)c(NC(=O)c2nn(CC(C)C)c(=O)c3ccccc23)c(C)n1. The van der Waals surface area contributed by atoms with Crippen LogP contribution in [0.15, 0.2) is 35.1 Å². The molecule has 0 saturated heterocycles. The summed E-state index contributed by atoms with van der Waals surface area (Å²) in [5.41, 5.74) is 3.33. The molecule has 6 heteroatoms. The summed E-state index contributed by atoms with van der Waals surface area (Å²) in [6, 6.07) is 9.01. The van der Waals surface area contributed by atoms with Gasteiger partial charge in [0.15, 0.2) is 5.69 Å². The van der Waals surface area contributed by atoms with Gasteiger partial charge in [-0.3, -0.25) is 14.6 Å². The Hall–Kier alpha value is -3.02. The van der Waals surface area contributed by atoms with E-state index in [1.165, 1.54) is 4.68 Å². The van der Waals surface area contributed by atoms with Crippen LogP contribution in [-0.2, 0) is 6.54 Å². The summed E-state index contributed by atoms with van der Waals surface area (Å²) in [5, 5.41) is 8.37. The number of amides is 1. The van der Waals surface area contributed by atoms with Gasteiger partial charge in [-0.1, -0.05) is 32.0 Å². The Morgan fingerprint density at radius 3 is 2.44 bits per heavy atom. The first-order chi connectivity index (χ1) is 12.8. The van der Waals surface area contributed by atoms with Gasteiger partial charge in [0.1, 0.15) is 0 Å². The highest BCUT2D eigenvalue weighted by Crippen LogP contribution is 2.21. The fraction of sp³-hybridized carbons (Fsp3) is 0.333. The van der Waals surface area contributed by atoms with E-state index in [0.717, 1.165) is 17.0 Å². The van der Waals surface area contributed by atoms with Gasteiger partial charge >= 0.3 is 0 Å². The maximum absolute atomic E-state index is 13.0. The molecule has 0 unspecified atom stereocenters. The van der Waals surface area contributed by atoms with Crippen molar-refractivity contribution in [1.82, 2.24) is 14.8 Å². The highest BCUT2D eigenvalue weighted by atomic mass is 16.2. The van der Waals surface area contributed by atoms with E-state index in [-0.39, 0.29) is 23.1 Å². The molecule has 140 valence electrons. The Bertz CT molecular complexity index is 1060. The molecule has 0 saturated carbocycles. The second-order valence-electron chi connectivity index (χ2n) is 7.27. The maximum Gasteiger partial charge on any atom is 0.276 e. The lowest BCUT2D eigenvalue weighted by Crippen LogP contribution is -2.29. The summed E-state index contributed by atoms with van der Waals surface area (Å²) < 4.78 is 1.38. The predicted molar refractivity (Wildman–Crippen MR) is 107 cm³/mol. The minimum Gasteiger partial charge on any atom is -0.319 e. The molecule has 0 bridgehead atoms. The molecule has 2 aromatic heterocycles. The van der Waals surface area contributed by atoms with Crippen molar-refractivity contribution in [3.05, 3.63) is 63.3 Å². The van der Waals surface area contributed by atoms with Crippen LogP contribution in [0.4, 0.5) is 5.69 Å². The fourth-order valence-electron chi connectivity index (χ4n) is 3.26. The zero-order valence-electron chi connectivity index (χ0n) is 16.3. The Morgan fingerprint density at radius 1 is 1.15 bits per heavy atom. The van der Waals surface area contributed by atoms with Crippen molar-refractivity contribution < 1.29 is 4.79 Å². The lowest BCUT2D eigenvalue weighted by molar-refractivity contribution is 0.102. The third kappa shape index (κ3) is 3.74. The van der Waals surface area contributed by atoms with E-state index in [2.05, 4.69) is 15.4 Å². The molecule has 3 rings (SSSR count). The van der Waals surface area contributed by atoms with E-state index in [1.807, 2.05) is 40.7 Å². The van der Waals surface area contributed by atoms with Crippen LogP contribution in [-0.4, -0.2) is 20.7 Å². The van der Waals surface area contributed by atoms with Crippen LogP contribution in [0, 0.1) is 26.7 Å². The molecule has 3 aromatic rings. The Balaban J connectivity index is 2.12. The predicted octanol–water partition coefficient (Wildman–Crippen LogP) is 3.63. The molecule has 0 fully saturated rings. The molecule has 2 heterocycles. The maximum atomic E-state index is 13.0. The number of anilines is 1. The highest BCUT2D eigenvalue weighted by Gasteiger charge is 2.19. The van der Waals surface area contributed by atoms with Crippen LogP contribution in [0.5, 0.6) is 0 Å². The van der Waals surface area contributed by atoms with Crippen molar-refractivity contribution >= 4 is 22.4 Å². The number of fused-ring (bicyclic) bond motifs is 1. The van der Waals surface area contributed by atoms with Crippen molar-refractivity contribution in [2.75, 3.05) is 5.32 Å². The van der Waals surface area contributed by atoms with Crippen molar-refractivity contribution in [3.8, 4) is 0 Å². The molecule has 0 aliphatic carbocycles. The van der Waals surface area contributed by atoms with E-state index >= 15 is 0 Å². The largest absolute Gasteiger partial charge is 0.319 e. The molecule has 0 spiro atoms. The zero-order chi connectivity index (χ0) is 19.7. The monoisotopic (exact) mass is 364 g/mol. The van der Waals surface area contributed by atoms with E-state index in [4.69, 9.17) is 0 Å². The average molecular weight is 364 g/mol. The lowest BCUT2D eigenvalue weighted by atomic mass is 10.1. The third-order valence-corrected chi connectivity index (χ3v) is 4.39. The van der Waals surface area contributed by atoms with Gasteiger partial charge in [0.05, 0.1) is 16.8 Å². The van der Waals surface area contributed by atoms with Gasteiger partial charge in [-0.25, -0.2) is 4.68 Å². The second-order valence-corrected chi connectivity index (χ2v) is 7.27. The lowest BCUT2D eigenvalue weighted by Gasteiger charge is -2.14. The minimum absolute atomic E-state index is 0.180. The van der Waals surface area contributed by atoms with Crippen molar-refractivity contribution in [3.63, 3.8) is 0 Å². The number of carbonyl (C=O) groups is 1. The van der Waals surface area contributed by atoms with Gasteiger partial charge in [0, 0.05) is 17.6 Å². The number of nitrogens with zero attached hydrogens (tertiary/aromatic N) is 3. The first-order valence-corrected chi connectivity index (χ1v) is 9.04. The summed E-state index contributed by atoms with van der Waals surface area (Å²) in [6.45, 7) is 10.2. The van der Waals surface area contributed by atoms with Gasteiger partial charge in [-0.15, -0.1) is 0 Å². The Labute approximate surface area is 158 Å². The molecule has 0 aliphatic heterocycles. The molecular weight excluding hydrogens is 340 g/mol. The van der Waals surface area contributed by atoms with E-state index in [1.54, 1.807) is 24.3 Å². The number of hydrogen-bond donors (Lipinski definition) is 1. The first kappa shape index (κ1) is 18.8. The molecule has 1 aromatic carbocycles. The van der Waals surface area contributed by atoms with Crippen molar-refractivity contribution in [2.45, 2.75) is 41.2 Å². The van der Waals surface area contributed by atoms with E-state index < -0.39 is 0 Å². The van der Waals surface area contributed by atoms with Gasteiger partial charge in [-0.2, -0.15) is 5.10 Å². The summed E-state index contributed by atoms with van der Waals surface area (Å²) in [4.78, 5) is 30.2. The molecule has 0 radical (unpaired) electrons. The highest BCUT2D eigenvalue weighted by molar-refractivity contribution is 6.11. The number of hydrogen-bond acceptors (Lipinski definition) is 4. The molecule has 27 heavy (non-hydrogen) atoms. The zero-order valence-corrected chi connectivity index (χ0v) is 16.3. The number of carbonyl (C=O) groups excluding carboxylic acids is 1. The summed E-state index contributed by atoms with van der Waals surface area (Å²) in [5.74, 6) is -0.112. The Kier molecular flexibility index (Phi) is 5.08. The third-order valence-electron chi connectivity index (χ3n) is 4.39. The number of aryl methyl sites for hydroxylation is 3. The van der Waals surface area contributed by atoms with Gasteiger partial charge in [0.25, 0.3) is 11.5 Å². The normalized spacial score (nSPS) is 11.2. The molecule has 6 nitrogen and oxygen atoms in total. The topological polar surface area (TPSA) is 76.9 Å². The quantitative estimate of drug-likeness (QED) is 0.767. The van der Waals surface area contributed by atoms with Crippen molar-refractivity contribution in [1.29, 1.82) is 0 Å². The molecule has 1 amide bonds. The summed E-state index contributed by atoms with van der Waals surface area (Å²) in [6.07, 6.45) is 0. The van der Waals surface area contributed by atoms with E-state index in [9.17, 15) is 9.59 Å². The minimum atomic E-state index is -0.347. The number of nitrogens with one attached hydrogen (secondary N) is 1. The van der Waals surface area contributed by atoms with Crippen LogP contribution in [0.25, 0.3) is 10.8 Å². The summed E-state index contributed by atoms with van der Waals surface area (Å²) >= 11 is 0. The molecule has 1 N–H and O–H groups in total. The van der Waals surface area contributed by atoms with E-state index in [0.29, 0.717) is 23.0 Å². The molecule has 0 atom stereocenters. The second kappa shape index (κ2) is 7.31.